The summed E-state index contributed by atoms with van der Waals surface area (Å²) in [6.45, 7) is 0.909. The molecule has 0 bridgehead atoms. The Labute approximate surface area is 58.7 Å². The highest BCUT2D eigenvalue weighted by Gasteiger charge is 2.32. The molecule has 0 amide bonds. The normalized spacial score (nSPS) is 21.4. The minimum Gasteiger partial charge on any atom is -0.467 e. The molecule has 1 heterocycles. The molecule has 1 fully saturated rings. The summed E-state index contributed by atoms with van der Waals surface area (Å²) in [5.41, 5.74) is 0. The van der Waals surface area contributed by atoms with Crippen molar-refractivity contribution in [2.45, 2.75) is 6.10 Å². The van der Waals surface area contributed by atoms with Crippen LogP contribution in [0.4, 0.5) is 0 Å². The van der Waals surface area contributed by atoms with E-state index >= 15 is 0 Å². The van der Waals surface area contributed by atoms with Gasteiger partial charge in [-0.05, 0) is 0 Å². The molecule has 0 saturated carbocycles. The average Bonchev–Trinajstić information content (AvgIpc) is 1.82. The highest BCUT2D eigenvalue weighted by Crippen LogP contribution is 2.15. The predicted octanol–water partition coefficient (Wildman–Crippen LogP) is -0.833. The summed E-state index contributed by atoms with van der Waals surface area (Å²) < 4.78 is 9.11. The molecule has 1 atom stereocenters. The number of ether oxygens (including phenoxy) is 2. The lowest BCUT2D eigenvalue weighted by Gasteiger charge is -2.28. The van der Waals surface area contributed by atoms with E-state index in [9.17, 15) is 4.79 Å². The van der Waals surface area contributed by atoms with E-state index < -0.39 is 12.1 Å². The molecule has 1 N–H and O–H groups in total. The van der Waals surface area contributed by atoms with Crippen LogP contribution < -0.4 is 0 Å². The third-order valence-electron chi connectivity index (χ3n) is 1.55. The highest BCUT2D eigenvalue weighted by atomic mass is 16.5. The zero-order valence-electron chi connectivity index (χ0n) is 5.74. The van der Waals surface area contributed by atoms with E-state index in [0.717, 1.165) is 0 Å². The Kier molecular flexibility index (Phi) is 2.24. The van der Waals surface area contributed by atoms with Gasteiger partial charge in [0.1, 0.15) is 0 Å². The number of aliphatic hydroxyl groups is 1. The van der Waals surface area contributed by atoms with Crippen molar-refractivity contribution in [1.29, 1.82) is 0 Å². The van der Waals surface area contributed by atoms with Crippen LogP contribution in [0.25, 0.3) is 0 Å². The molecule has 58 valence electrons. The molecule has 0 radical (unpaired) electrons. The summed E-state index contributed by atoms with van der Waals surface area (Å²) in [4.78, 5) is 10.6. The fourth-order valence-electron chi connectivity index (χ4n) is 0.749. The monoisotopic (exact) mass is 146 g/mol. The van der Waals surface area contributed by atoms with Crippen LogP contribution in [0.5, 0.6) is 0 Å². The molecule has 1 saturated heterocycles. The summed E-state index contributed by atoms with van der Waals surface area (Å²) in [5, 5.41) is 9.08. The minimum absolute atomic E-state index is 0.0625. The summed E-state index contributed by atoms with van der Waals surface area (Å²) >= 11 is 0. The topological polar surface area (TPSA) is 55.8 Å². The highest BCUT2D eigenvalue weighted by molar-refractivity contribution is 5.74. The molecule has 0 aliphatic carbocycles. The van der Waals surface area contributed by atoms with Crippen LogP contribution in [-0.4, -0.2) is 37.5 Å². The van der Waals surface area contributed by atoms with Crippen molar-refractivity contribution in [1.82, 2.24) is 0 Å². The maximum absolute atomic E-state index is 10.6. The Morgan fingerprint density at radius 3 is 2.70 bits per heavy atom. The van der Waals surface area contributed by atoms with Gasteiger partial charge in [-0.2, -0.15) is 0 Å². The molecule has 4 nitrogen and oxygen atoms in total. The van der Waals surface area contributed by atoms with Crippen LogP contribution in [0, 0.1) is 5.92 Å². The maximum atomic E-state index is 10.6. The van der Waals surface area contributed by atoms with Gasteiger partial charge in [-0.15, -0.1) is 0 Å². The van der Waals surface area contributed by atoms with Crippen molar-refractivity contribution in [2.75, 3.05) is 20.3 Å². The molecular formula is C6H10O4. The Hall–Kier alpha value is -0.610. The smallest absolute Gasteiger partial charge is 0.335 e. The Bertz CT molecular complexity index is 130. The fraction of sp³-hybridized carbons (Fsp3) is 0.833. The second-order valence-corrected chi connectivity index (χ2v) is 2.27. The minimum atomic E-state index is -1.00. The van der Waals surface area contributed by atoms with Crippen molar-refractivity contribution in [2.24, 2.45) is 5.92 Å². The maximum Gasteiger partial charge on any atom is 0.335 e. The molecule has 4 heteroatoms. The number of esters is 1. The third-order valence-corrected chi connectivity index (χ3v) is 1.55. The molecule has 0 aromatic heterocycles. The molecule has 1 aliphatic rings. The van der Waals surface area contributed by atoms with Crippen molar-refractivity contribution >= 4 is 5.97 Å². The number of hydrogen-bond donors (Lipinski definition) is 1. The van der Waals surface area contributed by atoms with E-state index in [1.165, 1.54) is 7.11 Å². The fourth-order valence-corrected chi connectivity index (χ4v) is 0.749. The number of methoxy groups -OCH3 is 1. The lowest BCUT2D eigenvalue weighted by Crippen LogP contribution is -2.42. The molecule has 1 unspecified atom stereocenters. The van der Waals surface area contributed by atoms with Crippen molar-refractivity contribution in [3.63, 3.8) is 0 Å². The van der Waals surface area contributed by atoms with Crippen molar-refractivity contribution in [3.05, 3.63) is 0 Å². The number of carbonyl (C=O) groups excluding carboxylic acids is 1. The molecule has 1 aliphatic heterocycles. The first-order valence-electron chi connectivity index (χ1n) is 3.09. The Morgan fingerprint density at radius 1 is 1.80 bits per heavy atom. The second-order valence-electron chi connectivity index (χ2n) is 2.27. The lowest BCUT2D eigenvalue weighted by atomic mass is 10.0. The van der Waals surface area contributed by atoms with Gasteiger partial charge in [-0.1, -0.05) is 0 Å². The van der Waals surface area contributed by atoms with Gasteiger partial charge in [0.05, 0.1) is 20.3 Å². The van der Waals surface area contributed by atoms with E-state index in [4.69, 9.17) is 9.84 Å². The zero-order valence-corrected chi connectivity index (χ0v) is 5.74. The first kappa shape index (κ1) is 7.50. The summed E-state index contributed by atoms with van der Waals surface area (Å²) in [6, 6.07) is 0. The van der Waals surface area contributed by atoms with Crippen LogP contribution in [0.1, 0.15) is 0 Å². The molecular weight excluding hydrogens is 136 g/mol. The lowest BCUT2D eigenvalue weighted by molar-refractivity contribution is -0.165. The quantitative estimate of drug-likeness (QED) is 0.516. The second kappa shape index (κ2) is 2.98. The molecule has 10 heavy (non-hydrogen) atoms. The van der Waals surface area contributed by atoms with Crippen LogP contribution in [0.15, 0.2) is 0 Å². The van der Waals surface area contributed by atoms with Gasteiger partial charge in [0.25, 0.3) is 0 Å². The standard InChI is InChI=1S/C6H10O4/c1-9-6(8)5(7)4-2-10-3-4/h4-5,7H,2-3H2,1H3. The molecule has 0 aromatic rings. The van der Waals surface area contributed by atoms with Crippen LogP contribution in [-0.2, 0) is 14.3 Å². The number of carbonyl (C=O) groups is 1. The van der Waals surface area contributed by atoms with E-state index in [1.807, 2.05) is 0 Å². The number of rotatable bonds is 2. The van der Waals surface area contributed by atoms with Gasteiger partial charge in [-0.25, -0.2) is 4.79 Å². The summed E-state index contributed by atoms with van der Waals surface area (Å²) in [5.74, 6) is -0.638. The van der Waals surface area contributed by atoms with Gasteiger partial charge < -0.3 is 14.6 Å². The van der Waals surface area contributed by atoms with E-state index in [-0.39, 0.29) is 5.92 Å². The molecule has 1 rings (SSSR count). The Morgan fingerprint density at radius 2 is 2.40 bits per heavy atom. The van der Waals surface area contributed by atoms with Crippen LogP contribution >= 0.6 is 0 Å². The number of hydrogen-bond acceptors (Lipinski definition) is 4. The van der Waals surface area contributed by atoms with Crippen molar-refractivity contribution in [3.8, 4) is 0 Å². The largest absolute Gasteiger partial charge is 0.467 e. The Balaban J connectivity index is 2.31. The first-order chi connectivity index (χ1) is 4.75. The third kappa shape index (κ3) is 1.27. The van der Waals surface area contributed by atoms with Gasteiger partial charge >= 0.3 is 5.97 Å². The van der Waals surface area contributed by atoms with E-state index in [1.54, 1.807) is 0 Å². The summed E-state index contributed by atoms with van der Waals surface area (Å²) in [7, 11) is 1.26. The predicted molar refractivity (Wildman–Crippen MR) is 32.3 cm³/mol. The molecule has 0 spiro atoms. The van der Waals surface area contributed by atoms with E-state index in [0.29, 0.717) is 13.2 Å². The van der Waals surface area contributed by atoms with Gasteiger partial charge in [0, 0.05) is 5.92 Å². The van der Waals surface area contributed by atoms with Gasteiger partial charge in [0.15, 0.2) is 6.10 Å². The molecule has 0 aromatic carbocycles. The van der Waals surface area contributed by atoms with Crippen molar-refractivity contribution < 1.29 is 19.4 Å². The van der Waals surface area contributed by atoms with Crippen LogP contribution in [0.3, 0.4) is 0 Å². The average molecular weight is 146 g/mol. The van der Waals surface area contributed by atoms with E-state index in [2.05, 4.69) is 4.74 Å². The van der Waals surface area contributed by atoms with Crippen LogP contribution in [0.2, 0.25) is 0 Å². The first-order valence-corrected chi connectivity index (χ1v) is 3.09. The van der Waals surface area contributed by atoms with Gasteiger partial charge in [0.2, 0.25) is 0 Å². The van der Waals surface area contributed by atoms with Gasteiger partial charge in [-0.3, -0.25) is 0 Å². The SMILES string of the molecule is COC(=O)C(O)C1COC1. The number of aliphatic hydroxyl groups excluding tert-OH is 1. The zero-order chi connectivity index (χ0) is 7.56. The summed E-state index contributed by atoms with van der Waals surface area (Å²) in [6.07, 6.45) is -1.00.